The molecule has 0 bridgehead atoms. The number of likely N-dealkylation sites (tertiary alicyclic amines) is 2. The number of imide groups is 1. The molecule has 1 unspecified atom stereocenters. The number of carbonyl (C=O) groups is 14. The molecule has 5 rings (SSSR count). The van der Waals surface area contributed by atoms with E-state index < -0.39 is 162 Å². The number of unbranched alkanes of at least 4 members (excludes halogenated alkanes) is 2. The highest BCUT2D eigenvalue weighted by atomic mass is 16.6. The third-order valence-corrected chi connectivity index (χ3v) is 23.5. The van der Waals surface area contributed by atoms with Gasteiger partial charge in [0.1, 0.15) is 42.9 Å². The number of alkyl carbamates (subject to hydrolysis) is 1. The quantitative estimate of drug-likeness (QED) is 0.0254. The van der Waals surface area contributed by atoms with Gasteiger partial charge in [0.2, 0.25) is 53.2 Å². The fourth-order valence-electron chi connectivity index (χ4n) is 15.8. The Kier molecular flexibility index (Phi) is 53.9. The minimum atomic E-state index is -1.34. The monoisotopic (exact) mass is 1910 g/mol. The van der Waals surface area contributed by atoms with Gasteiger partial charge < -0.3 is 125 Å². The predicted octanol–water partition coefficient (Wildman–Crippen LogP) is 3.96. The minimum absolute atomic E-state index is 0.0124. The van der Waals surface area contributed by atoms with E-state index in [0.717, 1.165) is 9.80 Å². The molecule has 15 amide bonds. The Morgan fingerprint density at radius 1 is 0.600 bits per heavy atom. The average molecular weight is 1910 g/mol. The molecule has 11 N–H and O–H groups in total. The summed E-state index contributed by atoms with van der Waals surface area (Å²) in [5.74, 6) is -7.94. The number of ether oxygens (including phenoxy) is 12. The van der Waals surface area contributed by atoms with Crippen molar-refractivity contribution in [3.63, 3.8) is 0 Å². The Balaban J connectivity index is 1.13. The van der Waals surface area contributed by atoms with Crippen LogP contribution < -0.4 is 48.3 Å². The first kappa shape index (κ1) is 115. The molecule has 3 heterocycles. The van der Waals surface area contributed by atoms with E-state index in [1.807, 2.05) is 19.9 Å². The van der Waals surface area contributed by atoms with Crippen LogP contribution >= 0.6 is 0 Å². The molecule has 2 fully saturated rings. The fraction of sp³-hybridized carbons (Fsp3) is 0.681. The molecule has 2 saturated heterocycles. The van der Waals surface area contributed by atoms with Gasteiger partial charge in [0.05, 0.1) is 154 Å². The molecular weight excluding hydrogens is 1760 g/mol. The van der Waals surface area contributed by atoms with Gasteiger partial charge in [-0.25, -0.2) is 14.4 Å². The van der Waals surface area contributed by atoms with Crippen molar-refractivity contribution >= 4 is 88.9 Å². The molecule has 3 aliphatic heterocycles. The first-order valence-corrected chi connectivity index (χ1v) is 46.7. The topological polar surface area (TPSA) is 508 Å². The first-order chi connectivity index (χ1) is 64.6. The Hall–Kier alpha value is -10.3. The van der Waals surface area contributed by atoms with E-state index in [1.54, 1.807) is 104 Å². The number of urea groups is 1. The molecule has 2 aromatic rings. The van der Waals surface area contributed by atoms with Crippen molar-refractivity contribution in [1.82, 2.24) is 61.7 Å². The van der Waals surface area contributed by atoms with Crippen LogP contribution in [0.25, 0.3) is 0 Å². The number of amides is 15. The lowest BCUT2D eigenvalue weighted by Gasteiger charge is -2.41. The number of aliphatic hydroxyl groups excluding tert-OH is 1. The molecule has 758 valence electrons. The number of aliphatic hydroxyl groups is 1. The van der Waals surface area contributed by atoms with Crippen molar-refractivity contribution in [3.8, 4) is 0 Å². The van der Waals surface area contributed by atoms with E-state index in [9.17, 15) is 72.2 Å². The lowest BCUT2D eigenvalue weighted by atomic mass is 9.89. The van der Waals surface area contributed by atoms with Crippen LogP contribution in [0.1, 0.15) is 157 Å². The number of rotatable bonds is 67. The van der Waals surface area contributed by atoms with Gasteiger partial charge >= 0.3 is 18.2 Å². The third kappa shape index (κ3) is 40.5. The van der Waals surface area contributed by atoms with Gasteiger partial charge in [-0.3, -0.25) is 62.5 Å². The highest BCUT2D eigenvalue weighted by Crippen LogP contribution is 2.32. The van der Waals surface area contributed by atoms with E-state index in [2.05, 4.69) is 49.1 Å². The third-order valence-electron chi connectivity index (χ3n) is 23.5. The number of nitrogens with zero attached hydrogens (tertiary/aromatic N) is 5. The number of likely N-dealkylation sites (N-methyl/N-ethyl adjacent to an activating group) is 2. The average Bonchev–Trinajstić information content (AvgIpc) is 1.59. The zero-order chi connectivity index (χ0) is 99.5. The standard InChI is InChI=1S/C94H150N14O27/c1-16-64(8)83(74(125-14)58-79(113)106-41-24-28-72(106)85(126-15)65(9)86(115)99-66(10)84(114)68-25-19-17-20-26-68)104(11)91(120)81(62(4)5)103-90(119)82(63(6)7)105(12)94(123)134-60-67-30-32-69(33-31-67)100-87(116)71(27-23-37-97-92(95)121)101-89(118)80(61(2)3)102-88(117)73-57-70(59-108(73)76(110)29-21-18-22-40-107-77(111)34-35-78(107)112)135-93(122)98-38-36-75(109)96-39-42-127-45-46-129-49-50-131-53-54-133-56-55-132-52-51-130-48-47-128-44-43-124-13/h17,19-20,25-26,30-35,61-62,64-66,70-74,80-85,114H,6,16,18,21-24,27-29,36-60H2,1-5,7-15H3,(H,96,109)(H,98,122)(H,99,115)(H,100,116)(H,101,118)(H,102,117)(H,103,119)(H3,95,97,121)/t64-,65+,66+,70+,71+,72-,73?,74+,80-,81+,82-,83-,84+,85+/m0/s1. The number of nitrogens with one attached hydrogen (secondary N) is 8. The lowest BCUT2D eigenvalue weighted by Crippen LogP contribution is -2.60. The van der Waals surface area contributed by atoms with Gasteiger partial charge in [0, 0.05) is 105 Å². The van der Waals surface area contributed by atoms with Crippen molar-refractivity contribution < 1.29 is 129 Å². The van der Waals surface area contributed by atoms with E-state index in [0.29, 0.717) is 142 Å². The second kappa shape index (κ2) is 63.1. The normalized spacial score (nSPS) is 17.2. The van der Waals surface area contributed by atoms with Crippen LogP contribution in [0, 0.1) is 23.7 Å². The fourth-order valence-corrected chi connectivity index (χ4v) is 15.8. The van der Waals surface area contributed by atoms with Crippen molar-refractivity contribution in [2.75, 3.05) is 179 Å². The van der Waals surface area contributed by atoms with Crippen LogP contribution in [0.4, 0.5) is 20.1 Å². The second-order valence-electron chi connectivity index (χ2n) is 34.4. The van der Waals surface area contributed by atoms with Gasteiger partial charge in [0.25, 0.3) is 11.8 Å². The zero-order valence-corrected chi connectivity index (χ0v) is 81.2. The number of methoxy groups -OCH3 is 3. The van der Waals surface area contributed by atoms with Crippen LogP contribution in [0.3, 0.4) is 0 Å². The summed E-state index contributed by atoms with van der Waals surface area (Å²) in [6.45, 7) is 25.8. The Morgan fingerprint density at radius 2 is 1.19 bits per heavy atom. The van der Waals surface area contributed by atoms with Crippen LogP contribution in [0.15, 0.2) is 78.9 Å². The summed E-state index contributed by atoms with van der Waals surface area (Å²) in [5, 5.41) is 32.8. The molecule has 2 aromatic carbocycles. The molecule has 0 spiro atoms. The van der Waals surface area contributed by atoms with Crippen LogP contribution in [0.5, 0.6) is 0 Å². The van der Waals surface area contributed by atoms with E-state index >= 15 is 0 Å². The number of primary amides is 1. The molecule has 0 radical (unpaired) electrons. The van der Waals surface area contributed by atoms with Crippen molar-refractivity contribution in [1.29, 1.82) is 0 Å². The SMILES string of the molecule is C=C(C)[C@@H](C(=O)N[C@@H](C(=O)N(C)[C@@H]([C@@H](C)CC)[C@@H](CC(=O)N1CCC[C@H]1[C@H](OC)[C@@H](C)C(=O)N[C@H](C)[C@@H](O)c1ccccc1)OC)C(C)C)N(C)C(=O)OCc1ccc(NC(=O)[C@@H](CCCNC(N)=O)NC(=O)[C@@H](NC(=O)C2C[C@@H](OC(=O)NCCC(=O)NCCOCCOCCOCCOCCOCCOCCOCCOC)CN2C(=O)CCCCCN2C(=O)C=CC2=O)C(C)C)cc1. The summed E-state index contributed by atoms with van der Waals surface area (Å²) in [6.07, 6.45) is -0.583. The number of carbonyl (C=O) groups excluding carboxylic acids is 14. The Morgan fingerprint density at radius 3 is 1.73 bits per heavy atom. The first-order valence-electron chi connectivity index (χ1n) is 46.7. The predicted molar refractivity (Wildman–Crippen MR) is 497 cm³/mol. The van der Waals surface area contributed by atoms with Crippen molar-refractivity contribution in [3.05, 3.63) is 90.0 Å². The summed E-state index contributed by atoms with van der Waals surface area (Å²) >= 11 is 0. The maximum atomic E-state index is 14.9. The highest BCUT2D eigenvalue weighted by Gasteiger charge is 2.46. The maximum Gasteiger partial charge on any atom is 0.410 e. The molecule has 14 atom stereocenters. The summed E-state index contributed by atoms with van der Waals surface area (Å²) in [7, 11) is 7.54. The maximum absolute atomic E-state index is 14.9. The lowest BCUT2D eigenvalue weighted by molar-refractivity contribution is -0.148. The second-order valence-corrected chi connectivity index (χ2v) is 34.4. The van der Waals surface area contributed by atoms with Gasteiger partial charge in [0.15, 0.2) is 0 Å². The van der Waals surface area contributed by atoms with Gasteiger partial charge in [-0.2, -0.15) is 0 Å². The van der Waals surface area contributed by atoms with Crippen molar-refractivity contribution in [2.24, 2.45) is 29.4 Å². The van der Waals surface area contributed by atoms with E-state index in [-0.39, 0.29) is 120 Å². The van der Waals surface area contributed by atoms with Crippen LogP contribution in [-0.2, 0) is 116 Å². The molecule has 0 saturated carbocycles. The van der Waals surface area contributed by atoms with Crippen molar-refractivity contribution in [2.45, 2.75) is 219 Å². The smallest absolute Gasteiger partial charge is 0.410 e. The molecule has 0 aromatic heterocycles. The molecule has 3 aliphatic rings. The zero-order valence-electron chi connectivity index (χ0n) is 81.2. The molecule has 41 heteroatoms. The van der Waals surface area contributed by atoms with Crippen LogP contribution in [0.2, 0.25) is 0 Å². The number of hydrogen-bond acceptors (Lipinski definition) is 27. The van der Waals surface area contributed by atoms with Crippen LogP contribution in [-0.4, -0.2) is 353 Å². The Bertz CT molecular complexity index is 4040. The van der Waals surface area contributed by atoms with E-state index in [4.69, 9.17) is 62.6 Å². The largest absolute Gasteiger partial charge is 0.445 e. The molecule has 0 aliphatic carbocycles. The van der Waals surface area contributed by atoms with E-state index in [1.165, 1.54) is 55.4 Å². The number of anilines is 1. The number of hydrogen-bond donors (Lipinski definition) is 10. The summed E-state index contributed by atoms with van der Waals surface area (Å²) in [5.41, 5.74) is 6.91. The molecule has 135 heavy (non-hydrogen) atoms. The highest BCUT2D eigenvalue weighted by molar-refractivity contribution is 6.13. The summed E-state index contributed by atoms with van der Waals surface area (Å²) in [4.78, 5) is 198. The Labute approximate surface area is 793 Å². The van der Waals surface area contributed by atoms with Gasteiger partial charge in [-0.05, 0) is 99.0 Å². The minimum Gasteiger partial charge on any atom is -0.445 e. The molecular formula is C94H150N14O27. The molecule has 41 nitrogen and oxygen atoms in total. The number of benzene rings is 2. The van der Waals surface area contributed by atoms with Gasteiger partial charge in [-0.15, -0.1) is 0 Å². The van der Waals surface area contributed by atoms with Gasteiger partial charge in [-0.1, -0.05) is 110 Å². The number of nitrogens with two attached hydrogens (primary N) is 1. The summed E-state index contributed by atoms with van der Waals surface area (Å²) in [6, 6.07) is 6.16. The summed E-state index contributed by atoms with van der Waals surface area (Å²) < 4.78 is 66.8.